The van der Waals surface area contributed by atoms with Gasteiger partial charge in [-0.3, -0.25) is 0 Å². The van der Waals surface area contributed by atoms with Gasteiger partial charge in [0.2, 0.25) is 0 Å². The third-order valence-electron chi connectivity index (χ3n) is 2.94. The lowest BCUT2D eigenvalue weighted by Gasteiger charge is -2.13. The van der Waals surface area contributed by atoms with Crippen molar-refractivity contribution in [2.75, 3.05) is 26.4 Å². The summed E-state index contributed by atoms with van der Waals surface area (Å²) < 4.78 is 11.0. The molecular weight excluding hydrogens is 238 g/mol. The fraction of sp³-hybridized carbons (Fsp3) is 0.625. The molecule has 0 aromatic heterocycles. The minimum Gasteiger partial charge on any atom is -0.379 e. The smallest absolute Gasteiger partial charge is 0.0701 e. The molecule has 0 heterocycles. The normalized spacial score (nSPS) is 12.9. The van der Waals surface area contributed by atoms with Crippen molar-refractivity contribution in [2.45, 2.75) is 33.2 Å². The molecule has 0 spiro atoms. The average Bonchev–Trinajstić information content (AvgIpc) is 2.42. The van der Waals surface area contributed by atoms with Crippen LogP contribution >= 0.6 is 0 Å². The highest BCUT2D eigenvalue weighted by atomic mass is 16.5. The van der Waals surface area contributed by atoms with E-state index in [-0.39, 0.29) is 6.04 Å². The molecule has 3 nitrogen and oxygen atoms in total. The number of nitrogens with two attached hydrogens (primary N) is 1. The Morgan fingerprint density at radius 1 is 1.00 bits per heavy atom. The van der Waals surface area contributed by atoms with Gasteiger partial charge in [-0.05, 0) is 23.5 Å². The first-order chi connectivity index (χ1) is 9.13. The van der Waals surface area contributed by atoms with Gasteiger partial charge in [-0.2, -0.15) is 0 Å². The zero-order chi connectivity index (χ0) is 14.1. The minimum atomic E-state index is -0.0593. The molecule has 1 atom stereocenters. The molecule has 0 bridgehead atoms. The van der Waals surface area contributed by atoms with Crippen molar-refractivity contribution in [2.24, 2.45) is 11.7 Å². The van der Waals surface area contributed by atoms with Gasteiger partial charge in [0.05, 0.1) is 25.9 Å². The summed E-state index contributed by atoms with van der Waals surface area (Å²) in [5.74, 6) is 0.569. The summed E-state index contributed by atoms with van der Waals surface area (Å²) in [6.45, 7) is 8.99. The Balaban J connectivity index is 2.17. The predicted octanol–water partition coefficient (Wildman–Crippen LogP) is 2.94. The summed E-state index contributed by atoms with van der Waals surface area (Å²) in [5.41, 5.74) is 8.54. The van der Waals surface area contributed by atoms with Crippen molar-refractivity contribution in [3.63, 3.8) is 0 Å². The third-order valence-corrected chi connectivity index (χ3v) is 2.94. The number of benzene rings is 1. The lowest BCUT2D eigenvalue weighted by molar-refractivity contribution is 0.0333. The quantitative estimate of drug-likeness (QED) is 0.698. The fourth-order valence-corrected chi connectivity index (χ4v) is 1.74. The molecule has 1 rings (SSSR count). The Hall–Kier alpha value is -0.900. The maximum atomic E-state index is 6.08. The topological polar surface area (TPSA) is 44.5 Å². The van der Waals surface area contributed by atoms with Gasteiger partial charge >= 0.3 is 0 Å². The molecule has 0 aliphatic heterocycles. The van der Waals surface area contributed by atoms with Gasteiger partial charge < -0.3 is 15.2 Å². The monoisotopic (exact) mass is 265 g/mol. The molecule has 108 valence electrons. The second-order valence-electron chi connectivity index (χ2n) is 5.25. The van der Waals surface area contributed by atoms with E-state index in [9.17, 15) is 0 Å². The number of ether oxygens (including phenoxy) is 2. The van der Waals surface area contributed by atoms with Crippen LogP contribution in [0.2, 0.25) is 0 Å². The Labute approximate surface area is 117 Å². The first-order valence-electron chi connectivity index (χ1n) is 7.13. The number of hydrogen-bond donors (Lipinski definition) is 1. The van der Waals surface area contributed by atoms with Crippen molar-refractivity contribution >= 4 is 0 Å². The van der Waals surface area contributed by atoms with Gasteiger partial charge in [0, 0.05) is 6.61 Å². The van der Waals surface area contributed by atoms with E-state index >= 15 is 0 Å². The summed E-state index contributed by atoms with van der Waals surface area (Å²) in [4.78, 5) is 0. The molecule has 0 aliphatic carbocycles. The van der Waals surface area contributed by atoms with E-state index in [2.05, 4.69) is 45.0 Å². The number of rotatable bonds is 9. The van der Waals surface area contributed by atoms with Crippen LogP contribution in [0, 0.1) is 5.92 Å². The van der Waals surface area contributed by atoms with Gasteiger partial charge in [-0.1, -0.05) is 45.0 Å². The van der Waals surface area contributed by atoms with E-state index < -0.39 is 0 Å². The highest BCUT2D eigenvalue weighted by molar-refractivity contribution is 5.24. The zero-order valence-corrected chi connectivity index (χ0v) is 12.4. The molecule has 2 N–H and O–H groups in total. The molecule has 0 radical (unpaired) electrons. The van der Waals surface area contributed by atoms with Crippen LogP contribution in [0.1, 0.15) is 37.9 Å². The molecule has 3 heteroatoms. The van der Waals surface area contributed by atoms with E-state index in [0.717, 1.165) is 18.6 Å². The van der Waals surface area contributed by atoms with Gasteiger partial charge in [0.1, 0.15) is 0 Å². The molecule has 1 aromatic carbocycles. The minimum absolute atomic E-state index is 0.0593. The fourth-order valence-electron chi connectivity index (χ4n) is 1.74. The second kappa shape index (κ2) is 9.08. The Bertz CT molecular complexity index is 335. The summed E-state index contributed by atoms with van der Waals surface area (Å²) in [7, 11) is 0. The first-order valence-corrected chi connectivity index (χ1v) is 7.13. The van der Waals surface area contributed by atoms with Crippen LogP contribution in [0.3, 0.4) is 0 Å². The van der Waals surface area contributed by atoms with Crippen molar-refractivity contribution in [1.82, 2.24) is 0 Å². The van der Waals surface area contributed by atoms with Crippen molar-refractivity contribution in [1.29, 1.82) is 0 Å². The molecule has 19 heavy (non-hydrogen) atoms. The van der Waals surface area contributed by atoms with Crippen LogP contribution in [0.25, 0.3) is 0 Å². The molecule has 0 aliphatic rings. The summed E-state index contributed by atoms with van der Waals surface area (Å²) in [6.07, 6.45) is 1.05. The summed E-state index contributed by atoms with van der Waals surface area (Å²) in [6, 6.07) is 8.36. The summed E-state index contributed by atoms with van der Waals surface area (Å²) in [5, 5.41) is 0. The predicted molar refractivity (Wildman–Crippen MR) is 79.2 cm³/mol. The van der Waals surface area contributed by atoms with Gasteiger partial charge in [-0.15, -0.1) is 0 Å². The highest BCUT2D eigenvalue weighted by Gasteiger charge is 2.05. The largest absolute Gasteiger partial charge is 0.379 e. The van der Waals surface area contributed by atoms with Crippen LogP contribution < -0.4 is 5.73 Å². The molecule has 0 saturated carbocycles. The molecule has 0 amide bonds. The van der Waals surface area contributed by atoms with E-state index in [1.54, 1.807) is 0 Å². The number of aryl methyl sites for hydroxylation is 1. The lowest BCUT2D eigenvalue weighted by Crippen LogP contribution is -2.19. The van der Waals surface area contributed by atoms with E-state index in [1.165, 1.54) is 5.56 Å². The van der Waals surface area contributed by atoms with E-state index in [0.29, 0.717) is 25.7 Å². The van der Waals surface area contributed by atoms with Crippen molar-refractivity contribution in [3.05, 3.63) is 35.4 Å². The molecule has 0 fully saturated rings. The summed E-state index contributed by atoms with van der Waals surface area (Å²) >= 11 is 0. The Kier molecular flexibility index (Phi) is 7.72. The van der Waals surface area contributed by atoms with Crippen LogP contribution in [-0.4, -0.2) is 26.4 Å². The van der Waals surface area contributed by atoms with Crippen LogP contribution in [-0.2, 0) is 15.9 Å². The van der Waals surface area contributed by atoms with Gasteiger partial charge in [-0.25, -0.2) is 0 Å². The second-order valence-corrected chi connectivity index (χ2v) is 5.25. The molecular formula is C16H27NO2. The maximum absolute atomic E-state index is 6.08. The van der Waals surface area contributed by atoms with Crippen LogP contribution in [0.15, 0.2) is 24.3 Å². The van der Waals surface area contributed by atoms with Crippen molar-refractivity contribution in [3.8, 4) is 0 Å². The Morgan fingerprint density at radius 3 is 2.11 bits per heavy atom. The maximum Gasteiger partial charge on any atom is 0.0701 e. The number of hydrogen-bond acceptors (Lipinski definition) is 3. The SMILES string of the molecule is CCc1ccc(C(N)COCCOCC(C)C)cc1. The molecule has 0 saturated heterocycles. The van der Waals surface area contributed by atoms with Crippen LogP contribution in [0.5, 0.6) is 0 Å². The molecule has 1 aromatic rings. The highest BCUT2D eigenvalue weighted by Crippen LogP contribution is 2.12. The van der Waals surface area contributed by atoms with Crippen LogP contribution in [0.4, 0.5) is 0 Å². The van der Waals surface area contributed by atoms with E-state index in [4.69, 9.17) is 15.2 Å². The van der Waals surface area contributed by atoms with E-state index in [1.807, 2.05) is 0 Å². The average molecular weight is 265 g/mol. The zero-order valence-electron chi connectivity index (χ0n) is 12.4. The lowest BCUT2D eigenvalue weighted by atomic mass is 10.1. The molecule has 1 unspecified atom stereocenters. The Morgan fingerprint density at radius 2 is 1.58 bits per heavy atom. The van der Waals surface area contributed by atoms with Gasteiger partial charge in [0.15, 0.2) is 0 Å². The van der Waals surface area contributed by atoms with Gasteiger partial charge in [0.25, 0.3) is 0 Å². The van der Waals surface area contributed by atoms with Crippen molar-refractivity contribution < 1.29 is 9.47 Å². The standard InChI is InChI=1S/C16H27NO2/c1-4-14-5-7-15(8-6-14)16(17)12-19-10-9-18-11-13(2)3/h5-8,13,16H,4,9-12,17H2,1-3H3. The third kappa shape index (κ3) is 6.71. The first kappa shape index (κ1) is 16.2.